The molecule has 1 aliphatic heterocycles. The van der Waals surface area contributed by atoms with E-state index < -0.39 is 0 Å². The predicted octanol–water partition coefficient (Wildman–Crippen LogP) is 3.63. The van der Waals surface area contributed by atoms with Crippen LogP contribution in [0.1, 0.15) is 54.9 Å². The molecule has 0 aliphatic carbocycles. The van der Waals surface area contributed by atoms with Gasteiger partial charge in [0, 0.05) is 0 Å². The Morgan fingerprint density at radius 2 is 1.54 bits per heavy atom. The van der Waals surface area contributed by atoms with Crippen LogP contribution in [0.15, 0.2) is 0 Å². The zero-order chi connectivity index (χ0) is 10.5. The average Bonchev–Trinajstić information content (AvgIpc) is 2.35. The van der Waals surface area contributed by atoms with Crippen LogP contribution >= 0.6 is 0 Å². The molecule has 0 bridgehead atoms. The molecule has 0 aromatic rings. The number of ether oxygens (including phenoxy) is 1. The highest BCUT2D eigenvalue weighted by atomic mass is 16.6. The number of hydrogen-bond acceptors (Lipinski definition) is 1. The maximum Gasteiger partial charge on any atom is 0.0968 e. The molecule has 1 saturated heterocycles. The first-order valence-corrected chi connectivity index (χ1v) is 5.26. The van der Waals surface area contributed by atoms with Gasteiger partial charge in [0.15, 0.2) is 0 Å². The minimum Gasteiger partial charge on any atom is -0.366 e. The Kier molecular flexibility index (Phi) is 2.31. The number of epoxide rings is 1. The van der Waals surface area contributed by atoms with Gasteiger partial charge in [0.25, 0.3) is 0 Å². The standard InChI is InChI=1S/C12H24O/c1-9-12(7,13-9)11(5,6)8-10(2,3)4/h9H,8H2,1-7H3. The Hall–Kier alpha value is -0.0400. The smallest absolute Gasteiger partial charge is 0.0968 e. The molecule has 1 nitrogen and oxygen atoms in total. The maximum absolute atomic E-state index is 5.72. The molecule has 1 heterocycles. The van der Waals surface area contributed by atoms with Crippen LogP contribution in [0, 0.1) is 10.8 Å². The number of hydrogen-bond donors (Lipinski definition) is 0. The average molecular weight is 184 g/mol. The van der Waals surface area contributed by atoms with E-state index in [1.165, 1.54) is 6.42 Å². The first-order chi connectivity index (χ1) is 5.58. The van der Waals surface area contributed by atoms with E-state index in [-0.39, 0.29) is 11.0 Å². The highest BCUT2D eigenvalue weighted by Crippen LogP contribution is 2.54. The van der Waals surface area contributed by atoms with E-state index in [0.29, 0.717) is 11.5 Å². The summed E-state index contributed by atoms with van der Waals surface area (Å²) in [7, 11) is 0. The van der Waals surface area contributed by atoms with Gasteiger partial charge in [-0.15, -0.1) is 0 Å². The molecule has 0 radical (unpaired) electrons. The Morgan fingerprint density at radius 1 is 1.15 bits per heavy atom. The molecule has 1 heteroatoms. The summed E-state index contributed by atoms with van der Waals surface area (Å²) in [6, 6.07) is 0. The lowest BCUT2D eigenvalue weighted by atomic mass is 9.68. The van der Waals surface area contributed by atoms with Crippen molar-refractivity contribution in [1.82, 2.24) is 0 Å². The summed E-state index contributed by atoms with van der Waals surface area (Å²) in [5.74, 6) is 0. The highest BCUT2D eigenvalue weighted by molar-refractivity contribution is 5.07. The summed E-state index contributed by atoms with van der Waals surface area (Å²) in [5.41, 5.74) is 0.781. The first kappa shape index (κ1) is 11.0. The summed E-state index contributed by atoms with van der Waals surface area (Å²) in [4.78, 5) is 0. The van der Waals surface area contributed by atoms with Gasteiger partial charge in [0.05, 0.1) is 11.7 Å². The molecule has 0 aromatic heterocycles. The lowest BCUT2D eigenvalue weighted by Gasteiger charge is -2.36. The van der Waals surface area contributed by atoms with Crippen molar-refractivity contribution in [3.8, 4) is 0 Å². The van der Waals surface area contributed by atoms with Gasteiger partial charge in [0.2, 0.25) is 0 Å². The van der Waals surface area contributed by atoms with Gasteiger partial charge in [-0.3, -0.25) is 0 Å². The maximum atomic E-state index is 5.72. The molecule has 0 spiro atoms. The lowest BCUT2D eigenvalue weighted by molar-refractivity contribution is 0.0991. The lowest BCUT2D eigenvalue weighted by Crippen LogP contribution is -2.35. The molecule has 2 atom stereocenters. The van der Waals surface area contributed by atoms with Crippen LogP contribution in [-0.4, -0.2) is 11.7 Å². The third kappa shape index (κ3) is 2.07. The molecule has 2 unspecified atom stereocenters. The van der Waals surface area contributed by atoms with Crippen molar-refractivity contribution in [2.45, 2.75) is 66.6 Å². The van der Waals surface area contributed by atoms with Gasteiger partial charge in [-0.05, 0) is 31.1 Å². The van der Waals surface area contributed by atoms with Crippen molar-refractivity contribution >= 4 is 0 Å². The Bertz CT molecular complexity index is 200. The quantitative estimate of drug-likeness (QED) is 0.597. The van der Waals surface area contributed by atoms with Crippen LogP contribution < -0.4 is 0 Å². The van der Waals surface area contributed by atoms with Crippen molar-refractivity contribution in [2.75, 3.05) is 0 Å². The molecule has 13 heavy (non-hydrogen) atoms. The summed E-state index contributed by atoms with van der Waals surface area (Å²) in [6.45, 7) is 15.9. The molecule has 0 aromatic carbocycles. The fourth-order valence-electron chi connectivity index (χ4n) is 2.54. The summed E-state index contributed by atoms with van der Waals surface area (Å²) < 4.78 is 5.72. The molecule has 1 fully saturated rings. The highest BCUT2D eigenvalue weighted by Gasteiger charge is 2.59. The Balaban J connectivity index is 2.67. The Morgan fingerprint density at radius 3 is 1.77 bits per heavy atom. The molecule has 78 valence electrons. The van der Waals surface area contributed by atoms with Gasteiger partial charge in [-0.1, -0.05) is 34.6 Å². The van der Waals surface area contributed by atoms with E-state index >= 15 is 0 Å². The van der Waals surface area contributed by atoms with Crippen molar-refractivity contribution in [2.24, 2.45) is 10.8 Å². The summed E-state index contributed by atoms with van der Waals surface area (Å²) >= 11 is 0. The van der Waals surface area contributed by atoms with Crippen molar-refractivity contribution in [3.05, 3.63) is 0 Å². The van der Waals surface area contributed by atoms with Gasteiger partial charge in [0.1, 0.15) is 0 Å². The molecule has 1 rings (SSSR count). The van der Waals surface area contributed by atoms with E-state index in [1.807, 2.05) is 0 Å². The second-order valence-corrected chi connectivity index (χ2v) is 6.49. The van der Waals surface area contributed by atoms with Crippen LogP contribution in [0.4, 0.5) is 0 Å². The zero-order valence-electron chi connectivity index (χ0n) is 10.2. The van der Waals surface area contributed by atoms with Crippen LogP contribution in [-0.2, 0) is 4.74 Å². The Labute approximate surface area is 82.9 Å². The van der Waals surface area contributed by atoms with E-state index in [4.69, 9.17) is 4.74 Å². The molecular formula is C12H24O. The second kappa shape index (κ2) is 2.73. The molecular weight excluding hydrogens is 160 g/mol. The van der Waals surface area contributed by atoms with Crippen molar-refractivity contribution < 1.29 is 4.74 Å². The molecule has 1 aliphatic rings. The largest absolute Gasteiger partial charge is 0.366 e. The topological polar surface area (TPSA) is 12.5 Å². The van der Waals surface area contributed by atoms with Crippen LogP contribution in [0.25, 0.3) is 0 Å². The second-order valence-electron chi connectivity index (χ2n) is 6.49. The third-order valence-electron chi connectivity index (χ3n) is 3.46. The van der Waals surface area contributed by atoms with Crippen LogP contribution in [0.3, 0.4) is 0 Å². The summed E-state index contributed by atoms with van der Waals surface area (Å²) in [5, 5.41) is 0. The van der Waals surface area contributed by atoms with E-state index in [0.717, 1.165) is 0 Å². The van der Waals surface area contributed by atoms with Gasteiger partial charge in [-0.25, -0.2) is 0 Å². The fourth-order valence-corrected chi connectivity index (χ4v) is 2.54. The molecule has 0 amide bonds. The minimum atomic E-state index is 0.111. The SMILES string of the molecule is CC1OC1(C)C(C)(C)CC(C)(C)C. The normalized spacial score (nSPS) is 34.8. The first-order valence-electron chi connectivity index (χ1n) is 5.26. The third-order valence-corrected chi connectivity index (χ3v) is 3.46. The molecule has 0 saturated carbocycles. The minimum absolute atomic E-state index is 0.111. The van der Waals surface area contributed by atoms with E-state index in [1.54, 1.807) is 0 Å². The van der Waals surface area contributed by atoms with Crippen molar-refractivity contribution in [1.29, 1.82) is 0 Å². The predicted molar refractivity (Wildman–Crippen MR) is 56.8 cm³/mol. The monoisotopic (exact) mass is 184 g/mol. The zero-order valence-corrected chi connectivity index (χ0v) is 10.2. The number of rotatable bonds is 2. The molecule has 0 N–H and O–H groups in total. The van der Waals surface area contributed by atoms with E-state index in [2.05, 4.69) is 48.5 Å². The van der Waals surface area contributed by atoms with Gasteiger partial charge in [-0.2, -0.15) is 0 Å². The van der Waals surface area contributed by atoms with E-state index in [9.17, 15) is 0 Å². The van der Waals surface area contributed by atoms with Crippen molar-refractivity contribution in [3.63, 3.8) is 0 Å². The van der Waals surface area contributed by atoms with Gasteiger partial charge < -0.3 is 4.74 Å². The van der Waals surface area contributed by atoms with Gasteiger partial charge >= 0.3 is 0 Å². The summed E-state index contributed by atoms with van der Waals surface area (Å²) in [6.07, 6.45) is 1.64. The fraction of sp³-hybridized carbons (Fsp3) is 1.00. The van der Waals surface area contributed by atoms with Crippen LogP contribution in [0.2, 0.25) is 0 Å². The van der Waals surface area contributed by atoms with Crippen LogP contribution in [0.5, 0.6) is 0 Å².